The van der Waals surface area contributed by atoms with Crippen molar-refractivity contribution >= 4 is 5.78 Å². The average Bonchev–Trinajstić information content (AvgIpc) is 3.42. The van der Waals surface area contributed by atoms with Crippen LogP contribution in [-0.4, -0.2) is 66.0 Å². The molecule has 5 nitrogen and oxygen atoms in total. The summed E-state index contributed by atoms with van der Waals surface area (Å²) >= 11 is 0. The molecule has 1 saturated heterocycles. The standard InChI is InChI=1S/C26H37N3O2/c1-20-18-25(21(2)29(20)13-12-22-8-10-24(31-3)11-9-22)26(30)19-27-14-16-28(17-15-27)23-6-4-5-7-23/h8-11,18,23H,4-7,12-17,19H2,1-3H3. The number of aromatic nitrogens is 1. The lowest BCUT2D eigenvalue weighted by molar-refractivity contribution is 0.0774. The van der Waals surface area contributed by atoms with Crippen LogP contribution in [0.25, 0.3) is 0 Å². The van der Waals surface area contributed by atoms with E-state index in [9.17, 15) is 4.79 Å². The second-order valence-electron chi connectivity index (χ2n) is 9.21. The Hall–Kier alpha value is -2.11. The molecule has 2 aliphatic rings. The van der Waals surface area contributed by atoms with Crippen LogP contribution in [0.1, 0.15) is 53.0 Å². The van der Waals surface area contributed by atoms with Gasteiger partial charge in [-0.25, -0.2) is 0 Å². The van der Waals surface area contributed by atoms with Crippen molar-refractivity contribution in [3.8, 4) is 5.75 Å². The number of hydrogen-bond donors (Lipinski definition) is 0. The fraction of sp³-hybridized carbons (Fsp3) is 0.577. The molecule has 1 aliphatic carbocycles. The number of rotatable bonds is 8. The maximum atomic E-state index is 13.1. The van der Waals surface area contributed by atoms with Crippen molar-refractivity contribution in [3.05, 3.63) is 52.8 Å². The van der Waals surface area contributed by atoms with Gasteiger partial charge in [0.05, 0.1) is 13.7 Å². The van der Waals surface area contributed by atoms with Gasteiger partial charge in [-0.2, -0.15) is 0 Å². The van der Waals surface area contributed by atoms with Crippen molar-refractivity contribution in [2.24, 2.45) is 0 Å². The first-order valence-corrected chi connectivity index (χ1v) is 11.8. The largest absolute Gasteiger partial charge is 0.497 e. The maximum absolute atomic E-state index is 13.1. The van der Waals surface area contributed by atoms with Crippen LogP contribution in [0.2, 0.25) is 0 Å². The van der Waals surface area contributed by atoms with E-state index in [-0.39, 0.29) is 5.78 Å². The van der Waals surface area contributed by atoms with Crippen molar-refractivity contribution < 1.29 is 9.53 Å². The third kappa shape index (κ3) is 5.21. The minimum Gasteiger partial charge on any atom is -0.497 e. The number of carbonyl (C=O) groups is 1. The Morgan fingerprint density at radius 1 is 1.03 bits per heavy atom. The molecule has 2 fully saturated rings. The molecule has 0 atom stereocenters. The van der Waals surface area contributed by atoms with E-state index in [2.05, 4.69) is 46.4 Å². The lowest BCUT2D eigenvalue weighted by Crippen LogP contribution is -2.50. The second kappa shape index (κ2) is 10.0. The number of aryl methyl sites for hydroxylation is 2. The Morgan fingerprint density at radius 3 is 2.35 bits per heavy atom. The molecule has 168 valence electrons. The van der Waals surface area contributed by atoms with Gasteiger partial charge in [0.15, 0.2) is 5.78 Å². The summed E-state index contributed by atoms with van der Waals surface area (Å²) in [5, 5.41) is 0. The van der Waals surface area contributed by atoms with E-state index in [1.54, 1.807) is 7.11 Å². The molecule has 0 bridgehead atoms. The van der Waals surface area contributed by atoms with Crippen LogP contribution in [0.5, 0.6) is 5.75 Å². The molecule has 0 spiro atoms. The van der Waals surface area contributed by atoms with Crippen LogP contribution in [-0.2, 0) is 13.0 Å². The molecule has 1 aromatic carbocycles. The highest BCUT2D eigenvalue weighted by atomic mass is 16.5. The highest BCUT2D eigenvalue weighted by Crippen LogP contribution is 2.24. The molecule has 5 heteroatoms. The van der Waals surface area contributed by atoms with Crippen LogP contribution in [0.3, 0.4) is 0 Å². The van der Waals surface area contributed by atoms with Gasteiger partial charge >= 0.3 is 0 Å². The van der Waals surface area contributed by atoms with Gasteiger partial charge in [0.2, 0.25) is 0 Å². The quantitative estimate of drug-likeness (QED) is 0.599. The van der Waals surface area contributed by atoms with E-state index >= 15 is 0 Å². The van der Waals surface area contributed by atoms with Crippen molar-refractivity contribution in [3.63, 3.8) is 0 Å². The van der Waals surface area contributed by atoms with Gasteiger partial charge in [0.1, 0.15) is 5.75 Å². The van der Waals surface area contributed by atoms with Crippen molar-refractivity contribution in [2.45, 2.75) is 58.5 Å². The van der Waals surface area contributed by atoms with E-state index in [1.807, 2.05) is 12.1 Å². The first-order valence-electron chi connectivity index (χ1n) is 11.8. The number of nitrogens with zero attached hydrogens (tertiary/aromatic N) is 3. The van der Waals surface area contributed by atoms with Gasteiger partial charge in [-0.3, -0.25) is 14.6 Å². The fourth-order valence-electron chi connectivity index (χ4n) is 5.30. The van der Waals surface area contributed by atoms with Crippen molar-refractivity contribution in [1.29, 1.82) is 0 Å². The molecule has 4 rings (SSSR count). The molecular formula is C26H37N3O2. The molecule has 1 aromatic heterocycles. The molecule has 1 aliphatic heterocycles. The number of Topliss-reactive ketones (excluding diaryl/α,β-unsaturated/α-hetero) is 1. The summed E-state index contributed by atoms with van der Waals surface area (Å²) in [4.78, 5) is 18.1. The highest BCUT2D eigenvalue weighted by Gasteiger charge is 2.27. The predicted molar refractivity (Wildman–Crippen MR) is 125 cm³/mol. The first-order chi connectivity index (χ1) is 15.0. The Bertz CT molecular complexity index is 873. The summed E-state index contributed by atoms with van der Waals surface area (Å²) in [5.74, 6) is 1.15. The van der Waals surface area contributed by atoms with Crippen molar-refractivity contribution in [2.75, 3.05) is 39.8 Å². The van der Waals surface area contributed by atoms with Crippen LogP contribution < -0.4 is 4.74 Å². The monoisotopic (exact) mass is 423 g/mol. The summed E-state index contributed by atoms with van der Waals surface area (Å²) in [6, 6.07) is 11.1. The molecular weight excluding hydrogens is 386 g/mol. The predicted octanol–water partition coefficient (Wildman–Crippen LogP) is 4.10. The van der Waals surface area contributed by atoms with E-state index in [0.717, 1.165) is 62.2 Å². The zero-order valence-electron chi connectivity index (χ0n) is 19.4. The van der Waals surface area contributed by atoms with Crippen molar-refractivity contribution in [1.82, 2.24) is 14.4 Å². The van der Waals surface area contributed by atoms with E-state index in [1.165, 1.54) is 36.9 Å². The fourth-order valence-corrected chi connectivity index (χ4v) is 5.30. The van der Waals surface area contributed by atoms with E-state index in [4.69, 9.17) is 4.74 Å². The van der Waals surface area contributed by atoms with Crippen LogP contribution in [0.4, 0.5) is 0 Å². The normalized spacial score (nSPS) is 18.5. The number of ketones is 1. The van der Waals surface area contributed by atoms with Crippen LogP contribution in [0, 0.1) is 13.8 Å². The Balaban J connectivity index is 1.32. The Labute approximate surface area is 187 Å². The van der Waals surface area contributed by atoms with Gasteiger partial charge < -0.3 is 9.30 Å². The second-order valence-corrected chi connectivity index (χ2v) is 9.21. The molecule has 0 radical (unpaired) electrons. The number of piperazine rings is 1. The van der Waals surface area contributed by atoms with Crippen LogP contribution in [0.15, 0.2) is 30.3 Å². The van der Waals surface area contributed by atoms with Gasteiger partial charge in [-0.05, 0) is 56.9 Å². The summed E-state index contributed by atoms with van der Waals surface area (Å²) in [6.45, 7) is 9.87. The number of carbonyl (C=O) groups excluding carboxylic acids is 1. The number of benzene rings is 1. The van der Waals surface area contributed by atoms with Crippen LogP contribution >= 0.6 is 0 Å². The maximum Gasteiger partial charge on any atom is 0.178 e. The Morgan fingerprint density at radius 2 is 1.71 bits per heavy atom. The summed E-state index contributed by atoms with van der Waals surface area (Å²) in [5.41, 5.74) is 4.44. The summed E-state index contributed by atoms with van der Waals surface area (Å²) in [7, 11) is 1.69. The molecule has 0 N–H and O–H groups in total. The number of hydrogen-bond acceptors (Lipinski definition) is 4. The molecule has 1 saturated carbocycles. The number of ether oxygens (including phenoxy) is 1. The third-order valence-electron chi connectivity index (χ3n) is 7.27. The van der Waals surface area contributed by atoms with Gasteiger partial charge in [0, 0.05) is 55.7 Å². The topological polar surface area (TPSA) is 37.7 Å². The van der Waals surface area contributed by atoms with E-state index < -0.39 is 0 Å². The number of methoxy groups -OCH3 is 1. The first kappa shape index (κ1) is 22.1. The molecule has 0 amide bonds. The molecule has 2 heterocycles. The minimum atomic E-state index is 0.262. The Kier molecular flexibility index (Phi) is 7.13. The molecule has 2 aromatic rings. The van der Waals surface area contributed by atoms with E-state index in [0.29, 0.717) is 6.54 Å². The lowest BCUT2D eigenvalue weighted by Gasteiger charge is -2.37. The van der Waals surface area contributed by atoms with Gasteiger partial charge in [-0.15, -0.1) is 0 Å². The zero-order valence-corrected chi connectivity index (χ0v) is 19.4. The van der Waals surface area contributed by atoms with Gasteiger partial charge in [0.25, 0.3) is 0 Å². The van der Waals surface area contributed by atoms with Gasteiger partial charge in [-0.1, -0.05) is 25.0 Å². The zero-order chi connectivity index (χ0) is 21.8. The third-order valence-corrected chi connectivity index (χ3v) is 7.27. The molecule has 31 heavy (non-hydrogen) atoms. The smallest absolute Gasteiger partial charge is 0.178 e. The minimum absolute atomic E-state index is 0.262. The SMILES string of the molecule is COc1ccc(CCn2c(C)cc(C(=O)CN3CCN(C4CCCC4)CC3)c2C)cc1. The highest BCUT2D eigenvalue weighted by molar-refractivity contribution is 5.99. The lowest BCUT2D eigenvalue weighted by atomic mass is 10.1. The summed E-state index contributed by atoms with van der Waals surface area (Å²) < 4.78 is 7.53. The molecule has 0 unspecified atom stereocenters. The summed E-state index contributed by atoms with van der Waals surface area (Å²) in [6.07, 6.45) is 6.44. The average molecular weight is 424 g/mol.